The maximum absolute atomic E-state index is 13.8. The summed E-state index contributed by atoms with van der Waals surface area (Å²) in [5, 5.41) is 0. The Kier molecular flexibility index (Phi) is 3.75. The molecule has 0 saturated heterocycles. The third-order valence-electron chi connectivity index (χ3n) is 2.69. The number of rotatable bonds is 3. The summed E-state index contributed by atoms with van der Waals surface area (Å²) in [7, 11) is 2.71. The minimum atomic E-state index is -0.749. The van der Waals surface area contributed by atoms with Gasteiger partial charge in [0, 0.05) is 17.3 Å². The van der Waals surface area contributed by atoms with Gasteiger partial charge in [0.2, 0.25) is 0 Å². The van der Waals surface area contributed by atoms with Gasteiger partial charge in [-0.1, -0.05) is 18.2 Å². The second-order valence-corrected chi connectivity index (χ2v) is 3.74. The third-order valence-corrected chi connectivity index (χ3v) is 2.69. The number of nitrogens with zero attached hydrogens (tertiary/aromatic N) is 1. The molecule has 0 saturated carbocycles. The molecule has 0 aliphatic rings. The van der Waals surface area contributed by atoms with Gasteiger partial charge in [0.25, 0.3) is 0 Å². The summed E-state index contributed by atoms with van der Waals surface area (Å²) < 4.78 is 23.6. The van der Waals surface area contributed by atoms with E-state index in [2.05, 4.69) is 9.72 Å². The second kappa shape index (κ2) is 5.48. The van der Waals surface area contributed by atoms with E-state index in [4.69, 9.17) is 4.74 Å². The molecule has 1 aromatic heterocycles. The number of benzene rings is 1. The van der Waals surface area contributed by atoms with Crippen molar-refractivity contribution in [1.29, 1.82) is 0 Å². The Morgan fingerprint density at radius 3 is 2.58 bits per heavy atom. The summed E-state index contributed by atoms with van der Waals surface area (Å²) in [6.45, 7) is 0. The van der Waals surface area contributed by atoms with Crippen molar-refractivity contribution in [2.75, 3.05) is 14.2 Å². The normalized spacial score (nSPS) is 10.1. The van der Waals surface area contributed by atoms with Crippen molar-refractivity contribution in [1.82, 2.24) is 4.98 Å². The minimum absolute atomic E-state index is 0.151. The molecule has 0 fully saturated rings. The van der Waals surface area contributed by atoms with Crippen LogP contribution < -0.4 is 4.74 Å². The highest BCUT2D eigenvalue weighted by Gasteiger charge is 2.20. The second-order valence-electron chi connectivity index (χ2n) is 3.74. The zero-order valence-electron chi connectivity index (χ0n) is 10.5. The Balaban J connectivity index is 2.69. The molecule has 0 amide bonds. The molecule has 5 heteroatoms. The predicted molar refractivity (Wildman–Crippen MR) is 67.5 cm³/mol. The number of hydrogen-bond donors (Lipinski definition) is 0. The lowest BCUT2D eigenvalue weighted by molar-refractivity contribution is 0.0596. The van der Waals surface area contributed by atoms with E-state index in [0.717, 1.165) is 6.20 Å². The molecule has 1 aromatic carbocycles. The highest BCUT2D eigenvalue weighted by atomic mass is 19.1. The summed E-state index contributed by atoms with van der Waals surface area (Å²) in [6.07, 6.45) is 2.39. The third kappa shape index (κ3) is 2.40. The van der Waals surface area contributed by atoms with Crippen LogP contribution in [-0.2, 0) is 4.74 Å². The van der Waals surface area contributed by atoms with Crippen LogP contribution in [0.15, 0.2) is 36.7 Å². The number of carbonyl (C=O) groups is 1. The van der Waals surface area contributed by atoms with Crippen molar-refractivity contribution < 1.29 is 18.7 Å². The lowest BCUT2D eigenvalue weighted by Crippen LogP contribution is -2.08. The average Bonchev–Trinajstić information content (AvgIpc) is 2.46. The fourth-order valence-electron chi connectivity index (χ4n) is 1.82. The zero-order valence-corrected chi connectivity index (χ0v) is 10.5. The molecular formula is C14H12FNO3. The number of halogens is 1. The van der Waals surface area contributed by atoms with E-state index in [1.165, 1.54) is 20.4 Å². The van der Waals surface area contributed by atoms with E-state index in [0.29, 0.717) is 16.9 Å². The highest BCUT2D eigenvalue weighted by Crippen LogP contribution is 2.32. The van der Waals surface area contributed by atoms with Gasteiger partial charge in [-0.3, -0.25) is 4.98 Å². The lowest BCUT2D eigenvalue weighted by atomic mass is 10.0. The number of para-hydroxylation sites is 1. The van der Waals surface area contributed by atoms with Crippen LogP contribution in [0.5, 0.6) is 5.75 Å². The average molecular weight is 261 g/mol. The number of hydrogen-bond acceptors (Lipinski definition) is 4. The van der Waals surface area contributed by atoms with Crippen LogP contribution in [0.1, 0.15) is 10.4 Å². The molecular weight excluding hydrogens is 249 g/mol. The topological polar surface area (TPSA) is 48.4 Å². The molecule has 0 aliphatic carbocycles. The molecule has 4 nitrogen and oxygen atoms in total. The van der Waals surface area contributed by atoms with Crippen LogP contribution in [0.4, 0.5) is 4.39 Å². The predicted octanol–water partition coefficient (Wildman–Crippen LogP) is 2.68. The lowest BCUT2D eigenvalue weighted by Gasteiger charge is -2.11. The van der Waals surface area contributed by atoms with Crippen LogP contribution in [0, 0.1) is 5.82 Å². The first-order valence-electron chi connectivity index (χ1n) is 5.54. The van der Waals surface area contributed by atoms with Gasteiger partial charge in [-0.25, -0.2) is 9.18 Å². The van der Waals surface area contributed by atoms with Gasteiger partial charge in [-0.15, -0.1) is 0 Å². The maximum atomic E-state index is 13.8. The van der Waals surface area contributed by atoms with Crippen LogP contribution in [0.2, 0.25) is 0 Å². The van der Waals surface area contributed by atoms with Gasteiger partial charge in [0.15, 0.2) is 5.82 Å². The van der Waals surface area contributed by atoms with Crippen molar-refractivity contribution in [3.05, 3.63) is 48.0 Å². The molecule has 0 atom stereocenters. The highest BCUT2D eigenvalue weighted by molar-refractivity contribution is 5.98. The van der Waals surface area contributed by atoms with E-state index in [-0.39, 0.29) is 5.56 Å². The monoisotopic (exact) mass is 261 g/mol. The number of pyridine rings is 1. The van der Waals surface area contributed by atoms with E-state index < -0.39 is 11.8 Å². The fourth-order valence-corrected chi connectivity index (χ4v) is 1.82. The van der Waals surface area contributed by atoms with Crippen molar-refractivity contribution >= 4 is 5.97 Å². The summed E-state index contributed by atoms with van der Waals surface area (Å²) in [4.78, 5) is 15.5. The molecule has 0 N–H and O–H groups in total. The van der Waals surface area contributed by atoms with E-state index in [9.17, 15) is 9.18 Å². The van der Waals surface area contributed by atoms with E-state index in [1.807, 2.05) is 0 Å². The summed E-state index contributed by atoms with van der Waals surface area (Å²) in [6, 6.07) is 7.00. The summed E-state index contributed by atoms with van der Waals surface area (Å²) >= 11 is 0. The Hall–Kier alpha value is -2.43. The zero-order chi connectivity index (χ0) is 13.8. The van der Waals surface area contributed by atoms with Crippen molar-refractivity contribution in [3.8, 4) is 16.9 Å². The number of methoxy groups -OCH3 is 2. The summed E-state index contributed by atoms with van der Waals surface area (Å²) in [5.41, 5.74) is 0.767. The Labute approximate surface area is 109 Å². The van der Waals surface area contributed by atoms with E-state index in [1.54, 1.807) is 24.3 Å². The molecule has 1 heterocycles. The molecule has 98 valence electrons. The first-order valence-corrected chi connectivity index (χ1v) is 5.54. The smallest absolute Gasteiger partial charge is 0.341 e. The molecule has 2 rings (SSSR count). The van der Waals surface area contributed by atoms with Crippen LogP contribution in [0.3, 0.4) is 0 Å². The Morgan fingerprint density at radius 1 is 1.16 bits per heavy atom. The van der Waals surface area contributed by atoms with Gasteiger partial charge in [0.05, 0.1) is 20.4 Å². The first-order chi connectivity index (χ1) is 9.19. The van der Waals surface area contributed by atoms with Gasteiger partial charge in [-0.05, 0) is 6.07 Å². The Bertz CT molecular complexity index is 613. The fraction of sp³-hybridized carbons (Fsp3) is 0.143. The Morgan fingerprint density at radius 2 is 1.89 bits per heavy atom. The molecule has 0 bridgehead atoms. The van der Waals surface area contributed by atoms with Gasteiger partial charge in [0.1, 0.15) is 11.3 Å². The number of ether oxygens (including phenoxy) is 2. The maximum Gasteiger partial charge on any atom is 0.341 e. The van der Waals surface area contributed by atoms with Crippen LogP contribution in [0.25, 0.3) is 11.1 Å². The number of carbonyl (C=O) groups excluding carboxylic acids is 1. The SMILES string of the molecule is COC(=O)c1c(F)cncc1-c1ccccc1OC. The van der Waals surface area contributed by atoms with Gasteiger partial charge < -0.3 is 9.47 Å². The summed E-state index contributed by atoms with van der Waals surface area (Å²) in [5.74, 6) is -0.948. The molecule has 0 unspecified atom stereocenters. The van der Waals surface area contributed by atoms with Crippen molar-refractivity contribution in [2.45, 2.75) is 0 Å². The molecule has 19 heavy (non-hydrogen) atoms. The van der Waals surface area contributed by atoms with Crippen molar-refractivity contribution in [2.24, 2.45) is 0 Å². The van der Waals surface area contributed by atoms with Gasteiger partial charge >= 0.3 is 5.97 Å². The van der Waals surface area contributed by atoms with E-state index >= 15 is 0 Å². The van der Waals surface area contributed by atoms with Crippen molar-refractivity contribution in [3.63, 3.8) is 0 Å². The number of esters is 1. The standard InChI is InChI=1S/C14H12FNO3/c1-18-12-6-4-3-5-9(12)10-7-16-8-11(15)13(10)14(17)19-2/h3-8H,1-2H3. The largest absolute Gasteiger partial charge is 0.496 e. The first kappa shape index (κ1) is 13.0. The van der Waals surface area contributed by atoms with Crippen LogP contribution >= 0.6 is 0 Å². The molecule has 0 aliphatic heterocycles. The molecule has 0 spiro atoms. The van der Waals surface area contributed by atoms with Crippen LogP contribution in [-0.4, -0.2) is 25.2 Å². The molecule has 2 aromatic rings. The van der Waals surface area contributed by atoms with Gasteiger partial charge in [-0.2, -0.15) is 0 Å². The number of aromatic nitrogens is 1. The minimum Gasteiger partial charge on any atom is -0.496 e. The molecule has 0 radical (unpaired) electrons. The quantitative estimate of drug-likeness (QED) is 0.797.